The van der Waals surface area contributed by atoms with Crippen molar-refractivity contribution in [3.05, 3.63) is 24.3 Å². The number of ether oxygens (including phenoxy) is 2. The van der Waals surface area contributed by atoms with E-state index in [2.05, 4.69) is 4.74 Å². The first-order chi connectivity index (χ1) is 9.04. The van der Waals surface area contributed by atoms with Crippen LogP contribution >= 0.6 is 0 Å². The van der Waals surface area contributed by atoms with Crippen molar-refractivity contribution < 1.29 is 19.1 Å². The van der Waals surface area contributed by atoms with E-state index in [1.165, 1.54) is 12.0 Å². The van der Waals surface area contributed by atoms with Gasteiger partial charge in [-0.1, -0.05) is 12.1 Å². The van der Waals surface area contributed by atoms with Crippen LogP contribution in [0.2, 0.25) is 0 Å². The van der Waals surface area contributed by atoms with Crippen molar-refractivity contribution in [3.8, 4) is 5.75 Å². The number of carbonyl (C=O) groups excluding carboxylic acids is 2. The highest BCUT2D eigenvalue weighted by Gasteiger charge is 2.12. The molecule has 0 unspecified atom stereocenters. The standard InChI is InChI=1S/C13H18N2O4/c1-15(8-7-13(17)18-2)12(16)9-19-11-6-4-3-5-10(11)14/h3-6H,7-9,14H2,1-2H3. The molecule has 1 aromatic carbocycles. The molecular weight excluding hydrogens is 248 g/mol. The Morgan fingerprint density at radius 3 is 2.63 bits per heavy atom. The van der Waals surface area contributed by atoms with E-state index in [4.69, 9.17) is 10.5 Å². The summed E-state index contributed by atoms with van der Waals surface area (Å²) in [5.41, 5.74) is 6.17. The topological polar surface area (TPSA) is 81.9 Å². The minimum atomic E-state index is -0.354. The number of nitrogens with two attached hydrogens (primary N) is 1. The Morgan fingerprint density at radius 1 is 1.32 bits per heavy atom. The molecule has 19 heavy (non-hydrogen) atoms. The van der Waals surface area contributed by atoms with Crippen LogP contribution in [0.3, 0.4) is 0 Å². The molecule has 0 spiro atoms. The second kappa shape index (κ2) is 7.25. The van der Waals surface area contributed by atoms with Crippen molar-refractivity contribution >= 4 is 17.6 Å². The number of nitrogen functional groups attached to an aromatic ring is 1. The SMILES string of the molecule is COC(=O)CCN(C)C(=O)COc1ccccc1N. The van der Waals surface area contributed by atoms with Gasteiger partial charge in [-0.2, -0.15) is 0 Å². The van der Waals surface area contributed by atoms with Gasteiger partial charge in [0.25, 0.3) is 5.91 Å². The van der Waals surface area contributed by atoms with Gasteiger partial charge in [0, 0.05) is 13.6 Å². The average molecular weight is 266 g/mol. The molecule has 0 heterocycles. The van der Waals surface area contributed by atoms with E-state index in [0.29, 0.717) is 18.0 Å². The molecule has 0 aliphatic carbocycles. The van der Waals surface area contributed by atoms with Gasteiger partial charge in [0.1, 0.15) is 5.75 Å². The van der Waals surface area contributed by atoms with Gasteiger partial charge in [0.2, 0.25) is 0 Å². The highest BCUT2D eigenvalue weighted by Crippen LogP contribution is 2.19. The van der Waals surface area contributed by atoms with Gasteiger partial charge in [-0.3, -0.25) is 9.59 Å². The summed E-state index contributed by atoms with van der Waals surface area (Å²) < 4.78 is 9.82. The molecule has 0 saturated heterocycles. The van der Waals surface area contributed by atoms with Gasteiger partial charge >= 0.3 is 5.97 Å². The zero-order valence-corrected chi connectivity index (χ0v) is 11.1. The molecule has 0 atom stereocenters. The Hall–Kier alpha value is -2.24. The average Bonchev–Trinajstić information content (AvgIpc) is 2.43. The molecule has 0 radical (unpaired) electrons. The van der Waals surface area contributed by atoms with Crippen LogP contribution in [0.15, 0.2) is 24.3 Å². The first kappa shape index (κ1) is 14.8. The largest absolute Gasteiger partial charge is 0.482 e. The molecule has 2 N–H and O–H groups in total. The third kappa shape index (κ3) is 4.87. The molecule has 0 bridgehead atoms. The molecule has 6 nitrogen and oxygen atoms in total. The van der Waals surface area contributed by atoms with Gasteiger partial charge in [0.05, 0.1) is 19.2 Å². The van der Waals surface area contributed by atoms with Crippen molar-refractivity contribution in [3.63, 3.8) is 0 Å². The molecule has 0 saturated carbocycles. The van der Waals surface area contributed by atoms with Crippen LogP contribution in [0.5, 0.6) is 5.75 Å². The van der Waals surface area contributed by atoms with E-state index >= 15 is 0 Å². The number of anilines is 1. The van der Waals surface area contributed by atoms with Gasteiger partial charge in [-0.25, -0.2) is 0 Å². The second-order valence-electron chi connectivity index (χ2n) is 3.97. The van der Waals surface area contributed by atoms with Gasteiger partial charge in [0.15, 0.2) is 6.61 Å². The number of hydrogen-bond acceptors (Lipinski definition) is 5. The molecule has 0 aromatic heterocycles. The number of hydrogen-bond donors (Lipinski definition) is 1. The monoisotopic (exact) mass is 266 g/mol. The molecule has 1 amide bonds. The van der Waals surface area contributed by atoms with Crippen LogP contribution in [0, 0.1) is 0 Å². The number of esters is 1. The lowest BCUT2D eigenvalue weighted by atomic mass is 10.3. The van der Waals surface area contributed by atoms with E-state index in [1.54, 1.807) is 31.3 Å². The summed E-state index contributed by atoms with van der Waals surface area (Å²) in [6, 6.07) is 6.95. The summed E-state index contributed by atoms with van der Waals surface area (Å²) in [5, 5.41) is 0. The summed E-state index contributed by atoms with van der Waals surface area (Å²) >= 11 is 0. The number of amides is 1. The Balaban J connectivity index is 2.38. The Bertz CT molecular complexity index is 448. The van der Waals surface area contributed by atoms with Crippen LogP contribution in [-0.2, 0) is 14.3 Å². The lowest BCUT2D eigenvalue weighted by Gasteiger charge is -2.17. The maximum absolute atomic E-state index is 11.7. The van der Waals surface area contributed by atoms with Gasteiger partial charge < -0.3 is 20.1 Å². The van der Waals surface area contributed by atoms with Crippen LogP contribution in [0.4, 0.5) is 5.69 Å². The summed E-state index contributed by atoms with van der Waals surface area (Å²) in [4.78, 5) is 24.1. The maximum atomic E-state index is 11.7. The molecule has 1 aromatic rings. The van der Waals surface area contributed by atoms with Gasteiger partial charge in [-0.15, -0.1) is 0 Å². The summed E-state index contributed by atoms with van der Waals surface area (Å²) in [5.74, 6) is -0.114. The summed E-state index contributed by atoms with van der Waals surface area (Å²) in [6.07, 6.45) is 0.159. The van der Waals surface area contributed by atoms with E-state index in [-0.39, 0.29) is 24.9 Å². The zero-order valence-electron chi connectivity index (χ0n) is 11.1. The van der Waals surface area contributed by atoms with E-state index in [1.807, 2.05) is 0 Å². The van der Waals surface area contributed by atoms with E-state index < -0.39 is 0 Å². The van der Waals surface area contributed by atoms with Crippen LogP contribution in [0.25, 0.3) is 0 Å². The maximum Gasteiger partial charge on any atom is 0.307 e. The van der Waals surface area contributed by atoms with Crippen LogP contribution in [-0.4, -0.2) is 44.1 Å². The van der Waals surface area contributed by atoms with Crippen molar-refractivity contribution in [2.45, 2.75) is 6.42 Å². The molecular formula is C13H18N2O4. The van der Waals surface area contributed by atoms with Gasteiger partial charge in [-0.05, 0) is 12.1 Å². The number of nitrogens with zero attached hydrogens (tertiary/aromatic N) is 1. The fourth-order valence-corrected chi connectivity index (χ4v) is 1.35. The third-order valence-corrected chi connectivity index (χ3v) is 2.57. The molecule has 0 fully saturated rings. The first-order valence-electron chi connectivity index (χ1n) is 5.82. The fraction of sp³-hybridized carbons (Fsp3) is 0.385. The van der Waals surface area contributed by atoms with Crippen molar-refractivity contribution in [2.75, 3.05) is 33.0 Å². The lowest BCUT2D eigenvalue weighted by molar-refractivity contribution is -0.141. The van der Waals surface area contributed by atoms with E-state index in [9.17, 15) is 9.59 Å². The zero-order chi connectivity index (χ0) is 14.3. The number of likely N-dealkylation sites (N-methyl/N-ethyl adjacent to an activating group) is 1. The normalized spacial score (nSPS) is 9.79. The minimum Gasteiger partial charge on any atom is -0.482 e. The van der Waals surface area contributed by atoms with Crippen LogP contribution in [0.1, 0.15) is 6.42 Å². The molecule has 1 rings (SSSR count). The number of carbonyl (C=O) groups is 2. The minimum absolute atomic E-state index is 0.119. The fourth-order valence-electron chi connectivity index (χ4n) is 1.35. The van der Waals surface area contributed by atoms with Crippen molar-refractivity contribution in [2.24, 2.45) is 0 Å². The Labute approximate surface area is 112 Å². The summed E-state index contributed by atoms with van der Waals surface area (Å²) in [6.45, 7) is 0.172. The first-order valence-corrected chi connectivity index (χ1v) is 5.82. The van der Waals surface area contributed by atoms with Crippen molar-refractivity contribution in [1.29, 1.82) is 0 Å². The van der Waals surface area contributed by atoms with Crippen molar-refractivity contribution in [1.82, 2.24) is 4.90 Å². The second-order valence-corrected chi connectivity index (χ2v) is 3.97. The Morgan fingerprint density at radius 2 is 2.00 bits per heavy atom. The van der Waals surface area contributed by atoms with Crippen LogP contribution < -0.4 is 10.5 Å². The Kier molecular flexibility index (Phi) is 5.66. The third-order valence-electron chi connectivity index (χ3n) is 2.57. The smallest absolute Gasteiger partial charge is 0.307 e. The number of benzene rings is 1. The molecule has 104 valence electrons. The van der Waals surface area contributed by atoms with E-state index in [0.717, 1.165) is 0 Å². The predicted octanol–water partition coefficient (Wildman–Crippen LogP) is 0.669. The lowest BCUT2D eigenvalue weighted by Crippen LogP contribution is -2.33. The highest BCUT2D eigenvalue weighted by atomic mass is 16.5. The number of para-hydroxylation sites is 2. The number of methoxy groups -OCH3 is 1. The quantitative estimate of drug-likeness (QED) is 0.604. The predicted molar refractivity (Wildman–Crippen MR) is 70.6 cm³/mol. The molecule has 0 aliphatic rings. The molecule has 0 aliphatic heterocycles. The number of rotatable bonds is 6. The molecule has 6 heteroatoms. The summed E-state index contributed by atoms with van der Waals surface area (Å²) in [7, 11) is 2.91. The highest BCUT2D eigenvalue weighted by molar-refractivity contribution is 5.78.